The van der Waals surface area contributed by atoms with E-state index >= 15 is 0 Å². The van der Waals surface area contributed by atoms with Gasteiger partial charge in [0.2, 0.25) is 0 Å². The van der Waals surface area contributed by atoms with Gasteiger partial charge in [-0.3, -0.25) is 9.11 Å². The van der Waals surface area contributed by atoms with E-state index in [1.54, 1.807) is 0 Å². The Hall–Kier alpha value is 0.207. The number of rotatable bonds is 1. The minimum absolute atomic E-state index is 0. The van der Waals surface area contributed by atoms with Crippen LogP contribution in [0.25, 0.3) is 0 Å². The molecule has 0 fully saturated rings. The Balaban J connectivity index is -0.0000000383. The number of allylic oxidation sites excluding steroid dienone is 1. The van der Waals surface area contributed by atoms with Gasteiger partial charge in [-0.15, -0.1) is 6.58 Å². The largest absolute Gasteiger partial charge is 1.00 e. The van der Waals surface area contributed by atoms with E-state index in [4.69, 9.17) is 17.5 Å². The van der Waals surface area contributed by atoms with Gasteiger partial charge in [0, 0.05) is 0 Å². The molecule has 0 aliphatic rings. The van der Waals surface area contributed by atoms with Crippen molar-refractivity contribution >= 4 is 10.4 Å². The first-order valence-electron chi connectivity index (χ1n) is 2.22. The summed E-state index contributed by atoms with van der Waals surface area (Å²) in [6.45, 7) is 5.54. The molecule has 6 heteroatoms. The molecule has 0 aromatic heterocycles. The normalized spacial score (nSPS) is 8.30. The molecule has 4 nitrogen and oxygen atoms in total. The summed E-state index contributed by atoms with van der Waals surface area (Å²) in [5.74, 6) is 0. The molecule has 0 heterocycles. The van der Waals surface area contributed by atoms with Crippen LogP contribution in [0.2, 0.25) is 0 Å². The summed E-state index contributed by atoms with van der Waals surface area (Å²) in [4.78, 5) is 0. The van der Waals surface area contributed by atoms with Crippen LogP contribution in [0.5, 0.6) is 0 Å². The van der Waals surface area contributed by atoms with Crippen molar-refractivity contribution in [1.29, 1.82) is 0 Å². The van der Waals surface area contributed by atoms with E-state index in [-0.39, 0.29) is 20.3 Å². The molecule has 0 saturated heterocycles. The van der Waals surface area contributed by atoms with Gasteiger partial charge in [0.05, 0.1) is 0 Å². The fraction of sp³-hybridized carbons (Fsp3) is 0.500. The van der Waals surface area contributed by atoms with E-state index in [0.717, 1.165) is 6.42 Å². The molecule has 0 radical (unpaired) electrons. The number of hydrogen-bond acceptors (Lipinski definition) is 2. The zero-order valence-electron chi connectivity index (χ0n) is 7.11. The molecule has 0 saturated carbocycles. The Morgan fingerprint density at radius 1 is 1.60 bits per heavy atom. The van der Waals surface area contributed by atoms with Gasteiger partial charge in [-0.05, 0) is 6.42 Å². The van der Waals surface area contributed by atoms with E-state index < -0.39 is 10.4 Å². The number of hydrogen-bond donors (Lipinski definition) is 2. The van der Waals surface area contributed by atoms with Gasteiger partial charge < -0.3 is 1.43 Å². The van der Waals surface area contributed by atoms with E-state index in [2.05, 4.69) is 13.5 Å². The molecule has 0 bridgehead atoms. The van der Waals surface area contributed by atoms with Crippen LogP contribution in [-0.2, 0) is 10.4 Å². The molecular formula is C4H11LiO4S. The van der Waals surface area contributed by atoms with Crippen LogP contribution >= 0.6 is 0 Å². The predicted octanol–water partition coefficient (Wildman–Crippen LogP) is -1.95. The van der Waals surface area contributed by atoms with Crippen molar-refractivity contribution in [2.24, 2.45) is 0 Å². The quantitative estimate of drug-likeness (QED) is 0.267. The molecule has 0 aromatic carbocycles. The van der Waals surface area contributed by atoms with Crippen LogP contribution in [-0.4, -0.2) is 17.5 Å². The van der Waals surface area contributed by atoms with Crippen LogP contribution in [0, 0.1) is 0 Å². The molecule has 0 atom stereocenters. The average molecular weight is 162 g/mol. The minimum atomic E-state index is -4.67. The van der Waals surface area contributed by atoms with Gasteiger partial charge >= 0.3 is 29.3 Å². The zero-order chi connectivity index (χ0) is 7.91. The Bertz CT molecular complexity index is 147. The summed E-state index contributed by atoms with van der Waals surface area (Å²) in [6, 6.07) is 0. The first-order chi connectivity index (χ1) is 3.91. The maximum Gasteiger partial charge on any atom is 1.00 e. The summed E-state index contributed by atoms with van der Waals surface area (Å²) < 4.78 is 31.6. The molecule has 2 N–H and O–H groups in total. The zero-order valence-corrected chi connectivity index (χ0v) is 6.93. The second-order valence-corrected chi connectivity index (χ2v) is 2.04. The minimum Gasteiger partial charge on any atom is -1.00 e. The average Bonchev–Trinajstić information content (AvgIpc) is 1.61. The summed E-state index contributed by atoms with van der Waals surface area (Å²) in [5, 5.41) is 0. The molecule has 0 spiro atoms. The van der Waals surface area contributed by atoms with Crippen molar-refractivity contribution in [1.82, 2.24) is 0 Å². The van der Waals surface area contributed by atoms with Crippen molar-refractivity contribution in [2.75, 3.05) is 0 Å². The monoisotopic (exact) mass is 162 g/mol. The second kappa shape index (κ2) is 9.21. The molecule has 0 aliphatic carbocycles. The Morgan fingerprint density at radius 3 is 1.70 bits per heavy atom. The molecule has 0 unspecified atom stereocenters. The van der Waals surface area contributed by atoms with Gasteiger partial charge in [0.25, 0.3) is 0 Å². The Labute approximate surface area is 74.6 Å². The Kier molecular flexibility index (Phi) is 15.3. The molecule has 0 aromatic rings. The van der Waals surface area contributed by atoms with Crippen molar-refractivity contribution in [3.63, 3.8) is 0 Å². The van der Waals surface area contributed by atoms with E-state index in [9.17, 15) is 0 Å². The SMILES string of the molecule is C=CCC.O=S(=O)(O)O.[H-].[Li+]. The Morgan fingerprint density at radius 2 is 1.70 bits per heavy atom. The fourth-order valence-corrected chi connectivity index (χ4v) is 0. The molecule has 0 amide bonds. The standard InChI is InChI=1S/C4H8.Li.H2O4S.H/c1-3-4-2;;1-5(2,3)4;/h3H,1,4H2,2H3;;(H2,1,2,3,4);/q;+1;;-1. The molecule has 0 aliphatic heterocycles. The third-order valence-electron chi connectivity index (χ3n) is 0.289. The topological polar surface area (TPSA) is 74.6 Å². The molecular weight excluding hydrogens is 151 g/mol. The summed E-state index contributed by atoms with van der Waals surface area (Å²) in [7, 11) is -4.67. The summed E-state index contributed by atoms with van der Waals surface area (Å²) >= 11 is 0. The van der Waals surface area contributed by atoms with Crippen LogP contribution in [0.15, 0.2) is 12.7 Å². The van der Waals surface area contributed by atoms with Crippen LogP contribution in [0.3, 0.4) is 0 Å². The third-order valence-corrected chi connectivity index (χ3v) is 0.289. The van der Waals surface area contributed by atoms with Gasteiger partial charge in [0.15, 0.2) is 0 Å². The first-order valence-corrected chi connectivity index (χ1v) is 3.62. The van der Waals surface area contributed by atoms with Crippen LogP contribution < -0.4 is 18.9 Å². The van der Waals surface area contributed by atoms with E-state index in [1.165, 1.54) is 0 Å². The van der Waals surface area contributed by atoms with Gasteiger partial charge in [-0.1, -0.05) is 13.0 Å². The third kappa shape index (κ3) is 292. The van der Waals surface area contributed by atoms with Gasteiger partial charge in [-0.25, -0.2) is 0 Å². The van der Waals surface area contributed by atoms with Crippen molar-refractivity contribution in [3.8, 4) is 0 Å². The van der Waals surface area contributed by atoms with Crippen molar-refractivity contribution < 1.29 is 37.8 Å². The maximum atomic E-state index is 8.74. The van der Waals surface area contributed by atoms with Crippen LogP contribution in [0.1, 0.15) is 14.8 Å². The molecule has 10 heavy (non-hydrogen) atoms. The van der Waals surface area contributed by atoms with Crippen LogP contribution in [0.4, 0.5) is 0 Å². The van der Waals surface area contributed by atoms with Crippen molar-refractivity contribution in [3.05, 3.63) is 12.7 Å². The van der Waals surface area contributed by atoms with Gasteiger partial charge in [-0.2, -0.15) is 8.42 Å². The smallest absolute Gasteiger partial charge is 1.00 e. The van der Waals surface area contributed by atoms with E-state index in [1.807, 2.05) is 6.08 Å². The predicted molar refractivity (Wildman–Crippen MR) is 35.8 cm³/mol. The summed E-state index contributed by atoms with van der Waals surface area (Å²) in [6.07, 6.45) is 2.96. The fourth-order valence-electron chi connectivity index (χ4n) is 0. The second-order valence-electron chi connectivity index (χ2n) is 1.14. The maximum absolute atomic E-state index is 8.74. The van der Waals surface area contributed by atoms with E-state index in [0.29, 0.717) is 0 Å². The summed E-state index contributed by atoms with van der Waals surface area (Å²) in [5.41, 5.74) is 0. The molecule has 0 rings (SSSR count). The van der Waals surface area contributed by atoms with Gasteiger partial charge in [0.1, 0.15) is 0 Å². The molecule has 58 valence electrons. The first kappa shape index (κ1) is 16.7. The van der Waals surface area contributed by atoms with Crippen molar-refractivity contribution in [2.45, 2.75) is 13.3 Å².